The third kappa shape index (κ3) is 3.83. The van der Waals surface area contributed by atoms with Crippen LogP contribution in [0.3, 0.4) is 0 Å². The van der Waals surface area contributed by atoms with Gasteiger partial charge in [-0.25, -0.2) is 9.50 Å². The molecule has 1 amide bonds. The summed E-state index contributed by atoms with van der Waals surface area (Å²) in [5.41, 5.74) is 0.630. The molecule has 0 aliphatic heterocycles. The summed E-state index contributed by atoms with van der Waals surface area (Å²) in [4.78, 5) is 17.9. The topological polar surface area (TPSA) is 71.8 Å². The molecule has 2 heterocycles. The van der Waals surface area contributed by atoms with Crippen molar-refractivity contribution < 1.29 is 9.53 Å². The van der Waals surface area contributed by atoms with E-state index in [0.717, 1.165) is 0 Å². The van der Waals surface area contributed by atoms with Gasteiger partial charge in [-0.3, -0.25) is 4.79 Å². The van der Waals surface area contributed by atoms with E-state index in [4.69, 9.17) is 4.74 Å². The van der Waals surface area contributed by atoms with Crippen LogP contribution < -0.4 is 10.1 Å². The van der Waals surface area contributed by atoms with Gasteiger partial charge >= 0.3 is 0 Å². The first-order valence-electron chi connectivity index (χ1n) is 7.14. The normalized spacial score (nSPS) is 10.9. The number of nitrogens with one attached hydrogen (secondary N) is 1. The summed E-state index contributed by atoms with van der Waals surface area (Å²) in [6, 6.07) is 12.9. The fourth-order valence-corrected chi connectivity index (χ4v) is 2.06. The number of rotatable bonds is 5. The molecule has 1 aromatic carbocycles. The minimum Gasteiger partial charge on any atom is -0.438 e. The number of carbonyl (C=O) groups excluding carboxylic acids is 1. The molecule has 7 heteroatoms. The number of fused-ring (bicyclic) bond motifs is 1. The minimum absolute atomic E-state index is 0.126. The Morgan fingerprint density at radius 1 is 1.22 bits per heavy atom. The Kier molecular flexibility index (Phi) is 4.20. The van der Waals surface area contributed by atoms with Crippen molar-refractivity contribution in [3.8, 4) is 11.6 Å². The molecular weight excluding hydrogens is 294 g/mol. The van der Waals surface area contributed by atoms with Gasteiger partial charge in [0.25, 0.3) is 0 Å². The first-order chi connectivity index (χ1) is 11.1. The summed E-state index contributed by atoms with van der Waals surface area (Å²) in [5.74, 6) is 1.49. The Balaban J connectivity index is 1.76. The van der Waals surface area contributed by atoms with E-state index in [2.05, 4.69) is 15.4 Å². The molecule has 0 unspecified atom stereocenters. The van der Waals surface area contributed by atoms with Crippen LogP contribution in [-0.2, 0) is 4.79 Å². The molecule has 0 radical (unpaired) electrons. The van der Waals surface area contributed by atoms with Crippen molar-refractivity contribution in [1.29, 1.82) is 0 Å². The molecule has 0 spiro atoms. The van der Waals surface area contributed by atoms with Crippen molar-refractivity contribution in [3.05, 3.63) is 48.7 Å². The van der Waals surface area contributed by atoms with E-state index in [0.29, 0.717) is 29.6 Å². The van der Waals surface area contributed by atoms with Gasteiger partial charge in [0.2, 0.25) is 11.8 Å². The lowest BCUT2D eigenvalue weighted by molar-refractivity contribution is -0.116. The van der Waals surface area contributed by atoms with Gasteiger partial charge in [0, 0.05) is 6.07 Å². The van der Waals surface area contributed by atoms with Gasteiger partial charge in [0.05, 0.1) is 12.7 Å². The van der Waals surface area contributed by atoms with E-state index in [1.54, 1.807) is 27.7 Å². The Morgan fingerprint density at radius 3 is 2.74 bits per heavy atom. The Bertz CT molecular complexity index is 814. The van der Waals surface area contributed by atoms with E-state index in [-0.39, 0.29) is 5.91 Å². The number of amides is 1. The van der Waals surface area contributed by atoms with E-state index in [1.165, 1.54) is 0 Å². The molecule has 118 valence electrons. The summed E-state index contributed by atoms with van der Waals surface area (Å²) in [6.45, 7) is 0.295. The Hall–Kier alpha value is -2.93. The van der Waals surface area contributed by atoms with Gasteiger partial charge < -0.3 is 15.0 Å². The highest BCUT2D eigenvalue weighted by Gasteiger charge is 2.09. The molecule has 0 saturated heterocycles. The predicted octanol–water partition coefficient (Wildman–Crippen LogP) is 2.02. The van der Waals surface area contributed by atoms with E-state index < -0.39 is 0 Å². The number of para-hydroxylation sites is 1. The van der Waals surface area contributed by atoms with Crippen LogP contribution in [0, 0.1) is 0 Å². The zero-order chi connectivity index (χ0) is 16.2. The maximum Gasteiger partial charge on any atom is 0.239 e. The second kappa shape index (κ2) is 6.45. The molecule has 23 heavy (non-hydrogen) atoms. The number of anilines is 1. The van der Waals surface area contributed by atoms with Crippen LogP contribution in [-0.4, -0.2) is 46.0 Å². The highest BCUT2D eigenvalue weighted by Crippen LogP contribution is 2.19. The summed E-state index contributed by atoms with van der Waals surface area (Å²) in [5, 5.41) is 7.07. The smallest absolute Gasteiger partial charge is 0.239 e. The summed E-state index contributed by atoms with van der Waals surface area (Å²) in [7, 11) is 3.66. The second-order valence-corrected chi connectivity index (χ2v) is 5.30. The maximum atomic E-state index is 11.8. The molecule has 2 aromatic heterocycles. The lowest BCUT2D eigenvalue weighted by Crippen LogP contribution is -2.27. The standard InChI is InChI=1S/C16H17N5O2/c1-20(2)11-15(22)18-13-10-21-14(17-13)8-9-16(19-21)23-12-6-4-3-5-7-12/h3-10H,11H2,1-2H3,(H,18,22). The van der Waals surface area contributed by atoms with Gasteiger partial charge in [-0.05, 0) is 32.3 Å². The average Bonchev–Trinajstić information content (AvgIpc) is 2.88. The summed E-state index contributed by atoms with van der Waals surface area (Å²) in [6.07, 6.45) is 1.65. The van der Waals surface area contributed by atoms with Crippen LogP contribution in [0.5, 0.6) is 11.6 Å². The fraction of sp³-hybridized carbons (Fsp3) is 0.188. The molecule has 3 rings (SSSR count). The number of aromatic nitrogens is 3. The molecule has 0 saturated carbocycles. The van der Waals surface area contributed by atoms with Crippen LogP contribution in [0.15, 0.2) is 48.7 Å². The molecule has 3 aromatic rings. The Labute approximate surface area is 133 Å². The summed E-state index contributed by atoms with van der Waals surface area (Å²) >= 11 is 0. The van der Waals surface area contributed by atoms with Gasteiger partial charge in [0.1, 0.15) is 5.75 Å². The van der Waals surface area contributed by atoms with Crippen LogP contribution in [0.25, 0.3) is 5.65 Å². The second-order valence-electron chi connectivity index (χ2n) is 5.30. The number of hydrogen-bond acceptors (Lipinski definition) is 5. The lowest BCUT2D eigenvalue weighted by Gasteiger charge is -2.07. The number of nitrogens with zero attached hydrogens (tertiary/aromatic N) is 4. The van der Waals surface area contributed by atoms with Gasteiger partial charge in [-0.1, -0.05) is 18.2 Å². The third-order valence-electron chi connectivity index (χ3n) is 2.99. The molecule has 0 aliphatic carbocycles. The quantitative estimate of drug-likeness (QED) is 0.780. The zero-order valence-electron chi connectivity index (χ0n) is 12.9. The largest absolute Gasteiger partial charge is 0.438 e. The Morgan fingerprint density at radius 2 is 2.00 bits per heavy atom. The van der Waals surface area contributed by atoms with Crippen molar-refractivity contribution in [1.82, 2.24) is 19.5 Å². The van der Waals surface area contributed by atoms with Crippen molar-refractivity contribution in [2.24, 2.45) is 0 Å². The number of carbonyl (C=O) groups is 1. The first kappa shape index (κ1) is 15.0. The fourth-order valence-electron chi connectivity index (χ4n) is 2.06. The number of benzene rings is 1. The number of ether oxygens (including phenoxy) is 1. The molecular formula is C16H17N5O2. The van der Waals surface area contributed by atoms with Gasteiger partial charge in [-0.2, -0.15) is 0 Å². The zero-order valence-corrected chi connectivity index (χ0v) is 12.9. The third-order valence-corrected chi connectivity index (χ3v) is 2.99. The summed E-state index contributed by atoms with van der Waals surface area (Å²) < 4.78 is 7.25. The number of hydrogen-bond donors (Lipinski definition) is 1. The van der Waals surface area contributed by atoms with Crippen LogP contribution >= 0.6 is 0 Å². The van der Waals surface area contributed by atoms with Crippen molar-refractivity contribution >= 4 is 17.4 Å². The highest BCUT2D eigenvalue weighted by molar-refractivity contribution is 5.91. The van der Waals surface area contributed by atoms with Gasteiger partial charge in [-0.15, -0.1) is 5.10 Å². The first-order valence-corrected chi connectivity index (χ1v) is 7.14. The van der Waals surface area contributed by atoms with Crippen molar-refractivity contribution in [2.75, 3.05) is 26.0 Å². The molecule has 0 aliphatic rings. The minimum atomic E-state index is -0.126. The SMILES string of the molecule is CN(C)CC(=O)Nc1cn2nc(Oc3ccccc3)ccc2n1. The molecule has 0 atom stereocenters. The van der Waals surface area contributed by atoms with Crippen molar-refractivity contribution in [3.63, 3.8) is 0 Å². The van der Waals surface area contributed by atoms with E-state index in [9.17, 15) is 4.79 Å². The number of likely N-dealkylation sites (N-methyl/N-ethyl adjacent to an activating group) is 1. The van der Waals surface area contributed by atoms with E-state index >= 15 is 0 Å². The highest BCUT2D eigenvalue weighted by atomic mass is 16.5. The van der Waals surface area contributed by atoms with Crippen LogP contribution in [0.2, 0.25) is 0 Å². The molecule has 7 nitrogen and oxygen atoms in total. The predicted molar refractivity (Wildman–Crippen MR) is 86.7 cm³/mol. The van der Waals surface area contributed by atoms with E-state index in [1.807, 2.05) is 44.4 Å². The molecule has 1 N–H and O–H groups in total. The molecule has 0 bridgehead atoms. The van der Waals surface area contributed by atoms with Crippen LogP contribution in [0.1, 0.15) is 0 Å². The van der Waals surface area contributed by atoms with Crippen molar-refractivity contribution in [2.45, 2.75) is 0 Å². The van der Waals surface area contributed by atoms with Gasteiger partial charge in [0.15, 0.2) is 11.5 Å². The lowest BCUT2D eigenvalue weighted by atomic mass is 10.3. The number of imidazole rings is 1. The van der Waals surface area contributed by atoms with Crippen LogP contribution in [0.4, 0.5) is 5.82 Å². The molecule has 0 fully saturated rings. The average molecular weight is 311 g/mol. The maximum absolute atomic E-state index is 11.8. The monoisotopic (exact) mass is 311 g/mol.